The van der Waals surface area contributed by atoms with Crippen molar-refractivity contribution in [3.8, 4) is 0 Å². The highest BCUT2D eigenvalue weighted by atomic mass is 35.5. The standard InChI is InChI=1S/C20H20ClN5O2S2/c1-11-17(30-12(2)23-11)20(28)26-7-5-13(6-8-26)19-25-15(10-29-19)18(27)24-14-3-4-16(21)22-9-14/h3-4,9-10,13H,5-8H2,1-2H3,(H,24,27). The second kappa shape index (κ2) is 8.79. The molecule has 0 bridgehead atoms. The quantitative estimate of drug-likeness (QED) is 0.576. The van der Waals surface area contributed by atoms with Gasteiger partial charge in [-0.25, -0.2) is 15.0 Å². The van der Waals surface area contributed by atoms with E-state index in [-0.39, 0.29) is 17.7 Å². The molecule has 3 aromatic heterocycles. The maximum Gasteiger partial charge on any atom is 0.275 e. The number of nitrogens with one attached hydrogen (secondary N) is 1. The summed E-state index contributed by atoms with van der Waals surface area (Å²) in [5.41, 5.74) is 1.76. The van der Waals surface area contributed by atoms with Crippen LogP contribution in [0, 0.1) is 13.8 Å². The van der Waals surface area contributed by atoms with E-state index in [1.807, 2.05) is 18.7 Å². The third-order valence-electron chi connectivity index (χ3n) is 4.97. The number of nitrogens with zero attached hydrogens (tertiary/aromatic N) is 4. The van der Waals surface area contributed by atoms with Gasteiger partial charge in [-0.05, 0) is 38.8 Å². The van der Waals surface area contributed by atoms with Gasteiger partial charge in [0.2, 0.25) is 0 Å². The lowest BCUT2D eigenvalue weighted by atomic mass is 9.97. The van der Waals surface area contributed by atoms with Crippen LogP contribution >= 0.6 is 34.3 Å². The zero-order chi connectivity index (χ0) is 21.3. The van der Waals surface area contributed by atoms with Crippen molar-refractivity contribution < 1.29 is 9.59 Å². The molecule has 0 aliphatic carbocycles. The number of carbonyl (C=O) groups excluding carboxylic acids is 2. The average Bonchev–Trinajstić information content (AvgIpc) is 3.36. The van der Waals surface area contributed by atoms with Gasteiger partial charge in [0.1, 0.15) is 15.7 Å². The summed E-state index contributed by atoms with van der Waals surface area (Å²) < 4.78 is 0. The number of hydrogen-bond donors (Lipinski definition) is 1. The molecule has 2 amide bonds. The van der Waals surface area contributed by atoms with Crippen LogP contribution in [0.15, 0.2) is 23.7 Å². The summed E-state index contributed by atoms with van der Waals surface area (Å²) in [6.45, 7) is 5.15. The smallest absolute Gasteiger partial charge is 0.275 e. The van der Waals surface area contributed by atoms with Crippen molar-refractivity contribution >= 4 is 51.8 Å². The number of rotatable bonds is 4. The molecular weight excluding hydrogens is 442 g/mol. The Morgan fingerprint density at radius 1 is 1.20 bits per heavy atom. The van der Waals surface area contributed by atoms with Crippen LogP contribution < -0.4 is 5.32 Å². The van der Waals surface area contributed by atoms with Gasteiger partial charge < -0.3 is 10.2 Å². The van der Waals surface area contributed by atoms with Crippen molar-refractivity contribution in [1.82, 2.24) is 19.9 Å². The average molecular weight is 462 g/mol. The van der Waals surface area contributed by atoms with E-state index >= 15 is 0 Å². The molecule has 7 nitrogen and oxygen atoms in total. The molecular formula is C20H20ClN5O2S2. The van der Waals surface area contributed by atoms with E-state index in [4.69, 9.17) is 11.6 Å². The summed E-state index contributed by atoms with van der Waals surface area (Å²) in [4.78, 5) is 40.7. The van der Waals surface area contributed by atoms with Crippen LogP contribution in [0.1, 0.15) is 54.6 Å². The van der Waals surface area contributed by atoms with Gasteiger partial charge in [-0.2, -0.15) is 0 Å². The van der Waals surface area contributed by atoms with Crippen LogP contribution in [-0.2, 0) is 0 Å². The second-order valence-corrected chi connectivity index (χ2v) is 9.59. The molecule has 30 heavy (non-hydrogen) atoms. The highest BCUT2D eigenvalue weighted by Crippen LogP contribution is 2.32. The molecule has 1 aliphatic rings. The number of aryl methyl sites for hydroxylation is 2. The third kappa shape index (κ3) is 4.53. The van der Waals surface area contributed by atoms with Gasteiger partial charge in [0.05, 0.1) is 27.6 Å². The summed E-state index contributed by atoms with van der Waals surface area (Å²) in [7, 11) is 0. The fourth-order valence-corrected chi connectivity index (χ4v) is 5.40. The molecule has 1 N–H and O–H groups in total. The van der Waals surface area contributed by atoms with Gasteiger partial charge in [0.25, 0.3) is 11.8 Å². The van der Waals surface area contributed by atoms with Crippen molar-refractivity contribution in [3.05, 3.63) is 55.1 Å². The van der Waals surface area contributed by atoms with Crippen molar-refractivity contribution in [2.24, 2.45) is 0 Å². The number of aromatic nitrogens is 3. The monoisotopic (exact) mass is 461 g/mol. The number of amides is 2. The maximum absolute atomic E-state index is 12.8. The number of piperidine rings is 1. The number of likely N-dealkylation sites (tertiary alicyclic amines) is 1. The summed E-state index contributed by atoms with van der Waals surface area (Å²) in [5.74, 6) is 0.0414. The molecule has 1 fully saturated rings. The molecule has 0 spiro atoms. The number of anilines is 1. The van der Waals surface area contributed by atoms with Crippen LogP contribution in [0.3, 0.4) is 0 Å². The van der Waals surface area contributed by atoms with E-state index in [0.717, 1.165) is 33.4 Å². The first-order valence-corrected chi connectivity index (χ1v) is 11.6. The van der Waals surface area contributed by atoms with Crippen molar-refractivity contribution in [2.75, 3.05) is 18.4 Å². The number of hydrogen-bond acceptors (Lipinski definition) is 7. The highest BCUT2D eigenvalue weighted by molar-refractivity contribution is 7.13. The molecule has 4 rings (SSSR count). The zero-order valence-electron chi connectivity index (χ0n) is 16.5. The minimum atomic E-state index is -0.273. The minimum Gasteiger partial charge on any atom is -0.338 e. The van der Waals surface area contributed by atoms with Crippen LogP contribution in [0.4, 0.5) is 5.69 Å². The maximum atomic E-state index is 12.8. The van der Waals surface area contributed by atoms with E-state index < -0.39 is 0 Å². The van der Waals surface area contributed by atoms with Crippen LogP contribution in [-0.4, -0.2) is 44.8 Å². The highest BCUT2D eigenvalue weighted by Gasteiger charge is 2.28. The lowest BCUT2D eigenvalue weighted by molar-refractivity contribution is 0.0717. The zero-order valence-corrected chi connectivity index (χ0v) is 18.9. The first-order chi connectivity index (χ1) is 14.4. The molecule has 0 radical (unpaired) electrons. The Kier molecular flexibility index (Phi) is 6.12. The topological polar surface area (TPSA) is 88.1 Å². The second-order valence-electron chi connectivity index (χ2n) is 7.11. The van der Waals surface area contributed by atoms with E-state index in [9.17, 15) is 9.59 Å². The van der Waals surface area contributed by atoms with Crippen LogP contribution in [0.25, 0.3) is 0 Å². The van der Waals surface area contributed by atoms with E-state index in [2.05, 4.69) is 20.3 Å². The number of thiazole rings is 2. The van der Waals surface area contributed by atoms with Crippen molar-refractivity contribution in [1.29, 1.82) is 0 Å². The van der Waals surface area contributed by atoms with Crippen LogP contribution in [0.5, 0.6) is 0 Å². The SMILES string of the molecule is Cc1nc(C)c(C(=O)N2CCC(c3nc(C(=O)Nc4ccc(Cl)nc4)cs3)CC2)s1. The Balaban J connectivity index is 1.36. The summed E-state index contributed by atoms with van der Waals surface area (Å²) in [5, 5.41) is 6.77. The molecule has 0 unspecified atom stereocenters. The van der Waals surface area contributed by atoms with E-state index in [0.29, 0.717) is 29.6 Å². The predicted octanol–water partition coefficient (Wildman–Crippen LogP) is 4.54. The minimum absolute atomic E-state index is 0.0623. The van der Waals surface area contributed by atoms with E-state index in [1.165, 1.54) is 28.9 Å². The first kappa shape index (κ1) is 20.9. The van der Waals surface area contributed by atoms with Crippen molar-refractivity contribution in [2.45, 2.75) is 32.6 Å². The molecule has 0 saturated carbocycles. The molecule has 1 aliphatic heterocycles. The molecule has 156 valence electrons. The Labute approximate surface area is 187 Å². The first-order valence-electron chi connectivity index (χ1n) is 9.52. The van der Waals surface area contributed by atoms with Crippen molar-refractivity contribution in [3.63, 3.8) is 0 Å². The molecule has 4 heterocycles. The summed E-state index contributed by atoms with van der Waals surface area (Å²) >= 11 is 8.71. The fourth-order valence-electron chi connectivity index (χ4n) is 3.43. The molecule has 0 atom stereocenters. The molecule has 3 aromatic rings. The largest absolute Gasteiger partial charge is 0.338 e. The Bertz CT molecular complexity index is 1070. The number of pyridine rings is 1. The van der Waals surface area contributed by atoms with Gasteiger partial charge in [-0.15, -0.1) is 22.7 Å². The predicted molar refractivity (Wildman–Crippen MR) is 119 cm³/mol. The summed E-state index contributed by atoms with van der Waals surface area (Å²) in [6.07, 6.45) is 3.17. The normalized spacial score (nSPS) is 14.7. The van der Waals surface area contributed by atoms with Gasteiger partial charge in [0.15, 0.2) is 0 Å². The third-order valence-corrected chi connectivity index (χ3v) is 7.26. The molecule has 0 aromatic carbocycles. The lowest BCUT2D eigenvalue weighted by Gasteiger charge is -2.30. The Hall–Kier alpha value is -2.36. The number of carbonyl (C=O) groups is 2. The summed E-state index contributed by atoms with van der Waals surface area (Å²) in [6, 6.07) is 3.31. The van der Waals surface area contributed by atoms with E-state index in [1.54, 1.807) is 17.5 Å². The fraction of sp³-hybridized carbons (Fsp3) is 0.350. The lowest BCUT2D eigenvalue weighted by Crippen LogP contribution is -2.37. The van der Waals surface area contributed by atoms with Crippen LogP contribution in [0.2, 0.25) is 5.15 Å². The Morgan fingerprint density at radius 2 is 1.97 bits per heavy atom. The molecule has 10 heteroatoms. The van der Waals surface area contributed by atoms with Gasteiger partial charge in [0, 0.05) is 24.4 Å². The number of halogens is 1. The Morgan fingerprint density at radius 3 is 2.60 bits per heavy atom. The van der Waals surface area contributed by atoms with Gasteiger partial charge in [-0.1, -0.05) is 11.6 Å². The van der Waals surface area contributed by atoms with Gasteiger partial charge >= 0.3 is 0 Å². The van der Waals surface area contributed by atoms with Gasteiger partial charge in [-0.3, -0.25) is 9.59 Å². The molecule has 1 saturated heterocycles.